The minimum atomic E-state index is 0.0311. The fourth-order valence-corrected chi connectivity index (χ4v) is 3.02. The lowest BCUT2D eigenvalue weighted by Gasteiger charge is -2.35. The number of carbonyl (C=O) groups is 1. The van der Waals surface area contributed by atoms with Gasteiger partial charge in [0.05, 0.1) is 19.1 Å². The molecule has 2 atom stereocenters. The van der Waals surface area contributed by atoms with E-state index < -0.39 is 0 Å². The van der Waals surface area contributed by atoms with Crippen molar-refractivity contribution in [3.63, 3.8) is 0 Å². The van der Waals surface area contributed by atoms with Crippen LogP contribution in [0.2, 0.25) is 0 Å². The van der Waals surface area contributed by atoms with Crippen LogP contribution in [0.4, 0.5) is 0 Å². The average Bonchev–Trinajstić information content (AvgIpc) is 2.47. The maximum absolute atomic E-state index is 12.0. The lowest BCUT2D eigenvalue weighted by Crippen LogP contribution is -2.49. The summed E-state index contributed by atoms with van der Waals surface area (Å²) in [6.07, 6.45) is 5.45. The predicted octanol–water partition coefficient (Wildman–Crippen LogP) is 0.376. The summed E-state index contributed by atoms with van der Waals surface area (Å²) in [6, 6.07) is 0.384. The predicted molar refractivity (Wildman–Crippen MR) is 72.9 cm³/mol. The molecule has 0 aromatic carbocycles. The Morgan fingerprint density at radius 1 is 1.32 bits per heavy atom. The lowest BCUT2D eigenvalue weighted by atomic mass is 9.99. The largest absolute Gasteiger partial charge is 0.395 e. The first-order valence-corrected chi connectivity index (χ1v) is 7.51. The molecule has 1 amide bonds. The molecule has 2 aliphatic rings. The van der Waals surface area contributed by atoms with Crippen molar-refractivity contribution in [3.05, 3.63) is 0 Å². The molecule has 0 aromatic heterocycles. The molecule has 0 radical (unpaired) electrons. The molecule has 2 unspecified atom stereocenters. The highest BCUT2D eigenvalue weighted by Gasteiger charge is 2.25. The number of aliphatic hydroxyl groups excluding tert-OH is 1. The van der Waals surface area contributed by atoms with Gasteiger partial charge in [-0.1, -0.05) is 6.42 Å². The van der Waals surface area contributed by atoms with Crippen LogP contribution in [0.3, 0.4) is 0 Å². The van der Waals surface area contributed by atoms with Gasteiger partial charge < -0.3 is 15.2 Å². The molecule has 110 valence electrons. The molecule has 0 aromatic rings. The van der Waals surface area contributed by atoms with Crippen molar-refractivity contribution in [1.29, 1.82) is 0 Å². The van der Waals surface area contributed by atoms with Crippen molar-refractivity contribution < 1.29 is 14.6 Å². The fraction of sp³-hybridized carbons (Fsp3) is 0.929. The van der Waals surface area contributed by atoms with Crippen molar-refractivity contribution >= 4 is 5.91 Å². The van der Waals surface area contributed by atoms with Crippen LogP contribution in [0.25, 0.3) is 0 Å². The molecule has 5 nitrogen and oxygen atoms in total. The summed E-state index contributed by atoms with van der Waals surface area (Å²) >= 11 is 0. The van der Waals surface area contributed by atoms with Crippen LogP contribution in [-0.4, -0.2) is 61.4 Å². The molecule has 2 aliphatic heterocycles. The van der Waals surface area contributed by atoms with Crippen LogP contribution < -0.4 is 5.32 Å². The summed E-state index contributed by atoms with van der Waals surface area (Å²) < 4.78 is 5.35. The molecule has 2 N–H and O–H groups in total. The van der Waals surface area contributed by atoms with Crippen LogP contribution in [0.15, 0.2) is 0 Å². The van der Waals surface area contributed by atoms with E-state index in [9.17, 15) is 4.79 Å². The Kier molecular flexibility index (Phi) is 6.07. The zero-order valence-electron chi connectivity index (χ0n) is 11.6. The van der Waals surface area contributed by atoms with E-state index in [1.54, 1.807) is 0 Å². The topological polar surface area (TPSA) is 61.8 Å². The summed E-state index contributed by atoms with van der Waals surface area (Å²) in [6.45, 7) is 4.00. The highest BCUT2D eigenvalue weighted by Crippen LogP contribution is 2.17. The highest BCUT2D eigenvalue weighted by molar-refractivity contribution is 5.78. The highest BCUT2D eigenvalue weighted by atomic mass is 16.5. The van der Waals surface area contributed by atoms with E-state index >= 15 is 0 Å². The first-order valence-electron chi connectivity index (χ1n) is 7.51. The summed E-state index contributed by atoms with van der Waals surface area (Å²) in [5.74, 6) is 0.165. The molecule has 19 heavy (non-hydrogen) atoms. The smallest absolute Gasteiger partial charge is 0.225 e. The molecule has 5 heteroatoms. The number of β-amino-alcohol motifs (C(OH)–C–C–N with tert-alkyl or cyclic N) is 1. The van der Waals surface area contributed by atoms with Gasteiger partial charge in [0.2, 0.25) is 5.91 Å². The van der Waals surface area contributed by atoms with Gasteiger partial charge >= 0.3 is 0 Å². The van der Waals surface area contributed by atoms with E-state index in [1.807, 2.05) is 0 Å². The maximum Gasteiger partial charge on any atom is 0.225 e. The van der Waals surface area contributed by atoms with Gasteiger partial charge in [-0.05, 0) is 32.2 Å². The van der Waals surface area contributed by atoms with Gasteiger partial charge in [-0.2, -0.15) is 0 Å². The Morgan fingerprint density at radius 2 is 2.21 bits per heavy atom. The van der Waals surface area contributed by atoms with Crippen LogP contribution in [0.1, 0.15) is 32.1 Å². The summed E-state index contributed by atoms with van der Waals surface area (Å²) in [4.78, 5) is 14.3. The minimum absolute atomic E-state index is 0.0311. The monoisotopic (exact) mass is 270 g/mol. The molecular weight excluding hydrogens is 244 g/mol. The second-order valence-corrected chi connectivity index (χ2v) is 5.57. The van der Waals surface area contributed by atoms with E-state index in [2.05, 4.69) is 10.2 Å². The first kappa shape index (κ1) is 14.8. The Labute approximate surface area is 115 Å². The standard InChI is InChI=1S/C14H26N2O3/c17-8-7-16-6-2-1-5-13(16)10-15-14(18)12-4-3-9-19-11-12/h12-13,17H,1-11H2,(H,15,18). The third-order valence-corrected chi connectivity index (χ3v) is 4.18. The Balaban J connectivity index is 1.74. The van der Waals surface area contributed by atoms with Crippen molar-refractivity contribution in [2.45, 2.75) is 38.1 Å². The quantitative estimate of drug-likeness (QED) is 0.758. The Bertz CT molecular complexity index is 278. The first-order chi connectivity index (χ1) is 9.31. The molecule has 2 rings (SSSR count). The van der Waals surface area contributed by atoms with Crippen molar-refractivity contribution in [2.24, 2.45) is 5.92 Å². The summed E-state index contributed by atoms with van der Waals surface area (Å²) in [7, 11) is 0. The van der Waals surface area contributed by atoms with Crippen LogP contribution in [0, 0.1) is 5.92 Å². The van der Waals surface area contributed by atoms with Crippen molar-refractivity contribution in [1.82, 2.24) is 10.2 Å². The van der Waals surface area contributed by atoms with E-state index in [1.165, 1.54) is 12.8 Å². The van der Waals surface area contributed by atoms with Crippen molar-refractivity contribution in [2.75, 3.05) is 39.5 Å². The number of hydrogen-bond acceptors (Lipinski definition) is 4. The second-order valence-electron chi connectivity index (χ2n) is 5.57. The molecule has 0 spiro atoms. The van der Waals surface area contributed by atoms with Gasteiger partial charge in [-0.25, -0.2) is 0 Å². The normalized spacial score (nSPS) is 29.1. The molecule has 2 heterocycles. The van der Waals surface area contributed by atoms with Gasteiger partial charge in [-0.15, -0.1) is 0 Å². The van der Waals surface area contributed by atoms with E-state index in [4.69, 9.17) is 9.84 Å². The fourth-order valence-electron chi connectivity index (χ4n) is 3.02. The van der Waals surface area contributed by atoms with Crippen LogP contribution in [0.5, 0.6) is 0 Å². The minimum Gasteiger partial charge on any atom is -0.395 e. The SMILES string of the molecule is O=C(NCC1CCCCN1CCO)C1CCCOC1. The number of rotatable bonds is 5. The third kappa shape index (κ3) is 4.44. The summed E-state index contributed by atoms with van der Waals surface area (Å²) in [5, 5.41) is 12.1. The molecule has 0 saturated carbocycles. The zero-order chi connectivity index (χ0) is 13.5. The van der Waals surface area contributed by atoms with E-state index in [0.29, 0.717) is 25.7 Å². The summed E-state index contributed by atoms with van der Waals surface area (Å²) in [5.41, 5.74) is 0. The Hall–Kier alpha value is -0.650. The lowest BCUT2D eigenvalue weighted by molar-refractivity contribution is -0.129. The van der Waals surface area contributed by atoms with Gasteiger partial charge in [0.1, 0.15) is 0 Å². The number of aliphatic hydroxyl groups is 1. The van der Waals surface area contributed by atoms with Gasteiger partial charge in [0.25, 0.3) is 0 Å². The van der Waals surface area contributed by atoms with Gasteiger partial charge in [0.15, 0.2) is 0 Å². The van der Waals surface area contributed by atoms with E-state index in [-0.39, 0.29) is 18.4 Å². The second kappa shape index (κ2) is 7.82. The number of ether oxygens (including phenoxy) is 1. The van der Waals surface area contributed by atoms with Crippen molar-refractivity contribution in [3.8, 4) is 0 Å². The van der Waals surface area contributed by atoms with Gasteiger partial charge in [-0.3, -0.25) is 9.69 Å². The molecule has 0 aliphatic carbocycles. The Morgan fingerprint density at radius 3 is 2.95 bits per heavy atom. The molecule has 0 bridgehead atoms. The average molecular weight is 270 g/mol. The number of piperidine rings is 1. The van der Waals surface area contributed by atoms with Crippen LogP contribution in [-0.2, 0) is 9.53 Å². The molecular formula is C14H26N2O3. The third-order valence-electron chi connectivity index (χ3n) is 4.18. The van der Waals surface area contributed by atoms with E-state index in [0.717, 1.165) is 32.4 Å². The van der Waals surface area contributed by atoms with Gasteiger partial charge in [0, 0.05) is 25.7 Å². The number of carbonyl (C=O) groups excluding carboxylic acids is 1. The number of hydrogen-bond donors (Lipinski definition) is 2. The molecule has 2 saturated heterocycles. The number of likely N-dealkylation sites (tertiary alicyclic amines) is 1. The number of nitrogens with zero attached hydrogens (tertiary/aromatic N) is 1. The van der Waals surface area contributed by atoms with Crippen LogP contribution >= 0.6 is 0 Å². The number of amides is 1. The molecule has 2 fully saturated rings. The maximum atomic E-state index is 12.0. The zero-order valence-corrected chi connectivity index (χ0v) is 11.6. The number of nitrogens with one attached hydrogen (secondary N) is 1.